The lowest BCUT2D eigenvalue weighted by Crippen LogP contribution is -1.98. The molecule has 24 aromatic rings. The molecule has 0 bridgehead atoms. The quantitative estimate of drug-likeness (QED) is 0.0978. The Balaban J connectivity index is 0.000000116. The smallest absolute Gasteiger partial charge is 0.161 e. The van der Waals surface area contributed by atoms with E-state index in [-0.39, 0.29) is 0 Å². The Hall–Kier alpha value is -17.9. The zero-order valence-corrected chi connectivity index (χ0v) is 71.7. The van der Waals surface area contributed by atoms with Crippen molar-refractivity contribution in [3.63, 3.8) is 0 Å². The van der Waals surface area contributed by atoms with Crippen LogP contribution in [0.15, 0.2) is 486 Å². The highest BCUT2D eigenvalue weighted by molar-refractivity contribution is 6.04. The van der Waals surface area contributed by atoms with Crippen molar-refractivity contribution in [1.82, 2.24) is 49.8 Å². The average molecular weight is 1690 g/mol. The first-order valence-corrected chi connectivity index (χ1v) is 44.1. The largest absolute Gasteiger partial charge is 0.265 e. The minimum Gasteiger partial charge on any atom is -0.265 e. The number of benzene rings is 16. The van der Waals surface area contributed by atoms with Crippen molar-refractivity contribution in [3.8, 4) is 168 Å². The summed E-state index contributed by atoms with van der Waals surface area (Å²) in [6.45, 7) is 0. The summed E-state index contributed by atoms with van der Waals surface area (Å²) in [5, 5.41) is 14.1. The van der Waals surface area contributed by atoms with Crippen LogP contribution in [-0.4, -0.2) is 49.8 Å². The number of rotatable bonds is 15. The van der Waals surface area contributed by atoms with Crippen LogP contribution in [0.25, 0.3) is 233 Å². The first-order valence-electron chi connectivity index (χ1n) is 44.1. The molecule has 0 N–H and O–H groups in total. The molecule has 0 fully saturated rings. The standard InChI is InChI=1S/C42H28N2.2C40H26N4/c1-2-10-29(11-3-1)33-24-34(30-20-22-43-23-21-30)26-35(25-33)36-27-41(39-18-8-14-31-12-4-6-16-37(31)39)44-42(28-36)40-19-9-15-32-13-5-7-17-38(32)40;1-3-13-34-28(8-1)10-5-15-36(34)38-25-39(37-16-6-11-29-9-2-4-14-35(29)37)44-40(43-38)33-23-31(27-17-20-41-21-18-27)22-32(24-33)30-12-7-19-42-26-30;1-3-13-33-28(9-1)11-7-15-35(33)39-26-38(43-40(44-39)36-16-8-12-29-10-2-4-14-34(29)36)32-24-30(27-18-21-41-22-19-27)23-31(25-32)37-17-5-6-20-42-37/h1-28H;2*1-26H. The molecule has 0 radical (unpaired) electrons. The number of fused-ring (bicyclic) bond motifs is 6. The van der Waals surface area contributed by atoms with E-state index >= 15 is 0 Å². The van der Waals surface area contributed by atoms with Gasteiger partial charge in [-0.3, -0.25) is 24.9 Å². The zero-order valence-electron chi connectivity index (χ0n) is 71.7. The number of hydrogen-bond acceptors (Lipinski definition) is 10. The van der Waals surface area contributed by atoms with E-state index in [1.54, 1.807) is 6.20 Å². The summed E-state index contributed by atoms with van der Waals surface area (Å²) < 4.78 is 0. The molecule has 0 atom stereocenters. The van der Waals surface area contributed by atoms with Crippen LogP contribution in [0.5, 0.6) is 0 Å². The Bertz CT molecular complexity index is 7110. The average Bonchev–Trinajstić information content (AvgIpc) is 0.770. The molecule has 10 nitrogen and oxygen atoms in total. The molecule has 0 aliphatic heterocycles. The van der Waals surface area contributed by atoms with E-state index in [2.05, 4.69) is 407 Å². The first kappa shape index (κ1) is 80.0. The summed E-state index contributed by atoms with van der Waals surface area (Å²) in [6.07, 6.45) is 16.5. The summed E-state index contributed by atoms with van der Waals surface area (Å²) in [5.41, 5.74) is 29.0. The summed E-state index contributed by atoms with van der Waals surface area (Å²) in [7, 11) is 0. The Morgan fingerprint density at radius 1 is 0.129 bits per heavy atom. The molecular weight excluding hydrogens is 1610 g/mol. The number of aromatic nitrogens is 10. The Morgan fingerprint density at radius 2 is 0.409 bits per heavy atom. The van der Waals surface area contributed by atoms with Crippen molar-refractivity contribution in [2.24, 2.45) is 0 Å². The fourth-order valence-corrected chi connectivity index (χ4v) is 18.0. The predicted octanol–water partition coefficient (Wildman–Crippen LogP) is 30.9. The van der Waals surface area contributed by atoms with Gasteiger partial charge in [-0.2, -0.15) is 0 Å². The Morgan fingerprint density at radius 3 is 0.803 bits per heavy atom. The molecule has 0 aliphatic rings. The van der Waals surface area contributed by atoms with Gasteiger partial charge in [-0.25, -0.2) is 24.9 Å². The van der Waals surface area contributed by atoms with Gasteiger partial charge >= 0.3 is 0 Å². The Labute approximate surface area is 764 Å². The highest BCUT2D eigenvalue weighted by Gasteiger charge is 2.22. The summed E-state index contributed by atoms with van der Waals surface area (Å²) >= 11 is 0. The molecule has 132 heavy (non-hydrogen) atoms. The minimum atomic E-state index is 0.666. The van der Waals surface area contributed by atoms with Crippen LogP contribution >= 0.6 is 0 Å². The minimum absolute atomic E-state index is 0.666. The molecule has 16 aromatic carbocycles. The van der Waals surface area contributed by atoms with Gasteiger partial charge in [0.1, 0.15) is 0 Å². The lowest BCUT2D eigenvalue weighted by molar-refractivity contribution is 1.19. The number of hydrogen-bond donors (Lipinski definition) is 0. The fraction of sp³-hybridized carbons (Fsp3) is 0. The topological polar surface area (TPSA) is 129 Å². The normalized spacial score (nSPS) is 11.2. The number of pyridine rings is 6. The lowest BCUT2D eigenvalue weighted by atomic mass is 9.91. The van der Waals surface area contributed by atoms with Crippen molar-refractivity contribution >= 4 is 64.6 Å². The monoisotopic (exact) mass is 1680 g/mol. The van der Waals surface area contributed by atoms with E-state index in [0.29, 0.717) is 11.6 Å². The maximum atomic E-state index is 5.35. The van der Waals surface area contributed by atoms with Crippen molar-refractivity contribution in [1.29, 1.82) is 0 Å². The van der Waals surface area contributed by atoms with Gasteiger partial charge in [0, 0.05) is 111 Å². The van der Waals surface area contributed by atoms with E-state index < -0.39 is 0 Å². The molecule has 8 aromatic heterocycles. The van der Waals surface area contributed by atoms with Crippen LogP contribution in [0.3, 0.4) is 0 Å². The first-order chi connectivity index (χ1) is 65.4. The molecule has 0 aliphatic carbocycles. The lowest BCUT2D eigenvalue weighted by Gasteiger charge is -2.15. The molecule has 10 heteroatoms. The van der Waals surface area contributed by atoms with Crippen LogP contribution in [-0.2, 0) is 0 Å². The second kappa shape index (κ2) is 36.2. The highest BCUT2D eigenvalue weighted by atomic mass is 14.9. The Kier molecular flexibility index (Phi) is 22.0. The van der Waals surface area contributed by atoms with Crippen LogP contribution in [0.2, 0.25) is 0 Å². The zero-order chi connectivity index (χ0) is 87.9. The van der Waals surface area contributed by atoms with Gasteiger partial charge in [0.2, 0.25) is 0 Å². The fourth-order valence-electron chi connectivity index (χ4n) is 18.0. The van der Waals surface area contributed by atoms with Crippen molar-refractivity contribution in [2.45, 2.75) is 0 Å². The van der Waals surface area contributed by atoms with Gasteiger partial charge < -0.3 is 0 Å². The number of nitrogens with zero attached hydrogens (tertiary/aromatic N) is 10. The highest BCUT2D eigenvalue weighted by Crippen LogP contribution is 2.44. The predicted molar refractivity (Wildman–Crippen MR) is 544 cm³/mol. The third kappa shape index (κ3) is 16.7. The van der Waals surface area contributed by atoms with Crippen molar-refractivity contribution < 1.29 is 0 Å². The van der Waals surface area contributed by atoms with Gasteiger partial charge in [0.25, 0.3) is 0 Å². The molecule has 24 rings (SSSR count). The van der Waals surface area contributed by atoms with Crippen molar-refractivity contribution in [2.75, 3.05) is 0 Å². The van der Waals surface area contributed by atoms with Gasteiger partial charge in [-0.05, 0) is 259 Å². The summed E-state index contributed by atoms with van der Waals surface area (Å²) in [4.78, 5) is 48.2. The van der Waals surface area contributed by atoms with E-state index in [1.807, 2.05) is 98.1 Å². The van der Waals surface area contributed by atoms with E-state index in [4.69, 9.17) is 24.9 Å². The van der Waals surface area contributed by atoms with Crippen molar-refractivity contribution in [3.05, 3.63) is 486 Å². The third-order valence-electron chi connectivity index (χ3n) is 24.4. The van der Waals surface area contributed by atoms with E-state index in [0.717, 1.165) is 172 Å². The maximum Gasteiger partial charge on any atom is 0.161 e. The van der Waals surface area contributed by atoms with Crippen LogP contribution < -0.4 is 0 Å². The van der Waals surface area contributed by atoms with Crippen LogP contribution in [0, 0.1) is 0 Å². The SMILES string of the molecule is c1ccc(-c2cc(-c3ccncc3)cc(-c3cc(-c4cccc5ccccc45)nc(-c4cccc5ccccc45)c3)c2)cc1.c1ccc(-c2cc(-c3ccncc3)cc(-c3cc(-c4cccc5ccccc45)nc(-c4cccc5ccccc45)n3)c2)nc1.c1cncc(-c2cc(-c3ccncc3)cc(-c3nc(-c4cccc5ccccc45)cc(-c4cccc5ccccc45)n3)c2)c1. The maximum absolute atomic E-state index is 5.35. The molecule has 0 saturated carbocycles. The second-order valence-corrected chi connectivity index (χ2v) is 32.6. The van der Waals surface area contributed by atoms with Gasteiger partial charge in [0.05, 0.1) is 39.9 Å². The molecule has 8 heterocycles. The van der Waals surface area contributed by atoms with E-state index in [9.17, 15) is 0 Å². The van der Waals surface area contributed by atoms with Crippen LogP contribution in [0.4, 0.5) is 0 Å². The molecule has 0 spiro atoms. The third-order valence-corrected chi connectivity index (χ3v) is 24.4. The van der Waals surface area contributed by atoms with Gasteiger partial charge in [-0.15, -0.1) is 0 Å². The van der Waals surface area contributed by atoms with E-state index in [1.165, 1.54) is 48.8 Å². The molecule has 0 unspecified atom stereocenters. The molecular formula is C122H80N10. The molecule has 0 amide bonds. The molecule has 618 valence electrons. The van der Waals surface area contributed by atoms with Gasteiger partial charge in [-0.1, -0.05) is 297 Å². The second-order valence-electron chi connectivity index (χ2n) is 32.6. The van der Waals surface area contributed by atoms with Crippen LogP contribution in [0.1, 0.15) is 0 Å². The summed E-state index contributed by atoms with van der Waals surface area (Å²) in [5.74, 6) is 1.36. The molecule has 0 saturated heterocycles. The van der Waals surface area contributed by atoms with Gasteiger partial charge in [0.15, 0.2) is 11.6 Å². The summed E-state index contributed by atoms with van der Waals surface area (Å²) in [6, 6.07) is 151.